The Hall–Kier alpha value is -1.55. The van der Waals surface area contributed by atoms with Crippen molar-refractivity contribution in [3.8, 4) is 0 Å². The van der Waals surface area contributed by atoms with E-state index in [9.17, 15) is 9.90 Å². The maximum absolute atomic E-state index is 12.1. The minimum atomic E-state index is -0.532. The molecule has 2 N–H and O–H groups in total. The fourth-order valence-electron chi connectivity index (χ4n) is 1.71. The molecule has 0 aromatic heterocycles. The number of carbonyl (C=O) groups excluding carboxylic acids is 1. The quantitative estimate of drug-likeness (QED) is 0.863. The third kappa shape index (κ3) is 4.04. The van der Waals surface area contributed by atoms with Gasteiger partial charge in [0.1, 0.15) is 0 Å². The zero-order chi connectivity index (χ0) is 13.7. The summed E-state index contributed by atoms with van der Waals surface area (Å²) in [5.74, 6) is 0. The van der Waals surface area contributed by atoms with Crippen LogP contribution in [-0.4, -0.2) is 34.7 Å². The van der Waals surface area contributed by atoms with Crippen molar-refractivity contribution in [2.75, 3.05) is 11.9 Å². The predicted octanol–water partition coefficient (Wildman–Crippen LogP) is 2.62. The number of rotatable bonds is 4. The Morgan fingerprint density at radius 2 is 1.94 bits per heavy atom. The number of amides is 2. The highest BCUT2D eigenvalue weighted by atomic mass is 16.3. The van der Waals surface area contributed by atoms with Crippen LogP contribution in [0.1, 0.15) is 26.3 Å². The molecule has 100 valence electrons. The minimum absolute atomic E-state index is 0.0450. The lowest BCUT2D eigenvalue weighted by Gasteiger charge is -2.28. The van der Waals surface area contributed by atoms with Gasteiger partial charge in [-0.2, -0.15) is 0 Å². The second kappa shape index (κ2) is 6.40. The summed E-state index contributed by atoms with van der Waals surface area (Å²) in [6.07, 6.45) is -0.532. The van der Waals surface area contributed by atoms with E-state index >= 15 is 0 Å². The third-order valence-corrected chi connectivity index (χ3v) is 2.73. The lowest BCUT2D eigenvalue weighted by atomic mass is 10.2. The standard InChI is InChI=1S/C14H22N2O2/c1-10(2)16(9-12(4)17)14(18)15-13-8-6-5-7-11(13)3/h5-8,10,12,17H,9H2,1-4H3,(H,15,18). The SMILES string of the molecule is Cc1ccccc1NC(=O)N(CC(C)O)C(C)C. The average molecular weight is 250 g/mol. The molecule has 1 unspecified atom stereocenters. The van der Waals surface area contributed by atoms with Crippen LogP contribution in [0.3, 0.4) is 0 Å². The first-order chi connectivity index (χ1) is 8.41. The molecule has 0 spiro atoms. The van der Waals surface area contributed by atoms with Crippen molar-refractivity contribution in [2.24, 2.45) is 0 Å². The predicted molar refractivity (Wildman–Crippen MR) is 73.7 cm³/mol. The number of aryl methyl sites for hydroxylation is 1. The van der Waals surface area contributed by atoms with Gasteiger partial charge in [0.15, 0.2) is 0 Å². The number of hydrogen-bond donors (Lipinski definition) is 2. The van der Waals surface area contributed by atoms with E-state index in [-0.39, 0.29) is 12.1 Å². The third-order valence-electron chi connectivity index (χ3n) is 2.73. The van der Waals surface area contributed by atoms with Gasteiger partial charge in [-0.1, -0.05) is 18.2 Å². The van der Waals surface area contributed by atoms with Gasteiger partial charge in [0, 0.05) is 18.3 Å². The fraction of sp³-hybridized carbons (Fsp3) is 0.500. The van der Waals surface area contributed by atoms with Crippen molar-refractivity contribution in [1.29, 1.82) is 0 Å². The first-order valence-corrected chi connectivity index (χ1v) is 6.23. The molecule has 2 amide bonds. The molecule has 4 nitrogen and oxygen atoms in total. The van der Waals surface area contributed by atoms with Crippen molar-refractivity contribution in [3.05, 3.63) is 29.8 Å². The van der Waals surface area contributed by atoms with E-state index in [1.165, 1.54) is 0 Å². The Labute approximate surface area is 109 Å². The molecular formula is C14H22N2O2. The second-order valence-corrected chi connectivity index (χ2v) is 4.84. The van der Waals surface area contributed by atoms with Crippen LogP contribution >= 0.6 is 0 Å². The van der Waals surface area contributed by atoms with Crippen molar-refractivity contribution in [3.63, 3.8) is 0 Å². The molecule has 18 heavy (non-hydrogen) atoms. The molecule has 0 aliphatic rings. The number of hydrogen-bond acceptors (Lipinski definition) is 2. The van der Waals surface area contributed by atoms with E-state index in [1.54, 1.807) is 11.8 Å². The van der Waals surface area contributed by atoms with E-state index in [0.717, 1.165) is 11.3 Å². The average Bonchev–Trinajstić information content (AvgIpc) is 2.28. The van der Waals surface area contributed by atoms with E-state index in [2.05, 4.69) is 5.32 Å². The largest absolute Gasteiger partial charge is 0.392 e. The van der Waals surface area contributed by atoms with Gasteiger partial charge in [-0.15, -0.1) is 0 Å². The van der Waals surface area contributed by atoms with Crippen molar-refractivity contribution >= 4 is 11.7 Å². The molecule has 0 heterocycles. The number of para-hydroxylation sites is 1. The monoisotopic (exact) mass is 250 g/mol. The maximum atomic E-state index is 12.1. The number of aliphatic hydroxyl groups is 1. The summed E-state index contributed by atoms with van der Waals surface area (Å²) < 4.78 is 0. The summed E-state index contributed by atoms with van der Waals surface area (Å²) in [4.78, 5) is 13.8. The number of benzene rings is 1. The maximum Gasteiger partial charge on any atom is 0.322 e. The van der Waals surface area contributed by atoms with E-state index in [1.807, 2.05) is 45.0 Å². The van der Waals surface area contributed by atoms with Crippen LogP contribution in [0, 0.1) is 6.92 Å². The molecule has 0 saturated carbocycles. The van der Waals surface area contributed by atoms with Crippen molar-refractivity contribution < 1.29 is 9.90 Å². The summed E-state index contributed by atoms with van der Waals surface area (Å²) in [5.41, 5.74) is 1.82. The Kier molecular flexibility index (Phi) is 5.16. The van der Waals surface area contributed by atoms with E-state index in [0.29, 0.717) is 6.54 Å². The molecule has 1 aromatic rings. The summed E-state index contributed by atoms with van der Waals surface area (Å²) in [5, 5.41) is 12.3. The number of carbonyl (C=O) groups is 1. The lowest BCUT2D eigenvalue weighted by molar-refractivity contribution is 0.125. The number of nitrogens with one attached hydrogen (secondary N) is 1. The smallest absolute Gasteiger partial charge is 0.322 e. The summed E-state index contributed by atoms with van der Waals surface area (Å²) in [7, 11) is 0. The normalized spacial score (nSPS) is 12.3. The van der Waals surface area contributed by atoms with Crippen molar-refractivity contribution in [2.45, 2.75) is 39.8 Å². The first kappa shape index (κ1) is 14.5. The van der Waals surface area contributed by atoms with E-state index in [4.69, 9.17) is 0 Å². The van der Waals surface area contributed by atoms with Gasteiger partial charge in [-0.25, -0.2) is 4.79 Å². The Balaban J connectivity index is 2.76. The van der Waals surface area contributed by atoms with Crippen LogP contribution in [0.4, 0.5) is 10.5 Å². The zero-order valence-corrected chi connectivity index (χ0v) is 11.5. The van der Waals surface area contributed by atoms with Gasteiger partial charge in [-0.3, -0.25) is 0 Å². The van der Waals surface area contributed by atoms with Gasteiger partial charge in [0.2, 0.25) is 0 Å². The molecular weight excluding hydrogens is 228 g/mol. The van der Waals surface area contributed by atoms with Gasteiger partial charge in [0.25, 0.3) is 0 Å². The van der Waals surface area contributed by atoms with E-state index < -0.39 is 6.10 Å². The van der Waals surface area contributed by atoms with Crippen LogP contribution < -0.4 is 5.32 Å². The van der Waals surface area contributed by atoms with Crippen LogP contribution in [0.5, 0.6) is 0 Å². The molecule has 1 rings (SSSR count). The highest BCUT2D eigenvalue weighted by Gasteiger charge is 2.18. The Bertz CT molecular complexity index is 403. The first-order valence-electron chi connectivity index (χ1n) is 6.23. The second-order valence-electron chi connectivity index (χ2n) is 4.84. The van der Waals surface area contributed by atoms with Gasteiger partial charge in [-0.05, 0) is 39.3 Å². The Morgan fingerprint density at radius 3 is 2.44 bits per heavy atom. The summed E-state index contributed by atoms with van der Waals surface area (Å²) in [6.45, 7) is 7.81. The van der Waals surface area contributed by atoms with Crippen molar-refractivity contribution in [1.82, 2.24) is 4.90 Å². The summed E-state index contributed by atoms with van der Waals surface area (Å²) >= 11 is 0. The molecule has 0 fully saturated rings. The molecule has 0 aliphatic carbocycles. The minimum Gasteiger partial charge on any atom is -0.392 e. The van der Waals surface area contributed by atoms with Crippen LogP contribution in [0.15, 0.2) is 24.3 Å². The molecule has 4 heteroatoms. The van der Waals surface area contributed by atoms with Gasteiger partial charge >= 0.3 is 6.03 Å². The highest BCUT2D eigenvalue weighted by molar-refractivity contribution is 5.90. The van der Waals surface area contributed by atoms with Gasteiger partial charge < -0.3 is 15.3 Å². The summed E-state index contributed by atoms with van der Waals surface area (Å²) in [6, 6.07) is 7.50. The molecule has 0 aliphatic heterocycles. The topological polar surface area (TPSA) is 52.6 Å². The number of anilines is 1. The zero-order valence-electron chi connectivity index (χ0n) is 11.5. The van der Waals surface area contributed by atoms with Gasteiger partial charge in [0.05, 0.1) is 6.10 Å². The van der Waals surface area contributed by atoms with Crippen LogP contribution in [0.25, 0.3) is 0 Å². The Morgan fingerprint density at radius 1 is 1.33 bits per heavy atom. The molecule has 0 bridgehead atoms. The lowest BCUT2D eigenvalue weighted by Crippen LogP contribution is -2.43. The number of nitrogens with zero attached hydrogens (tertiary/aromatic N) is 1. The molecule has 0 saturated heterocycles. The molecule has 1 aromatic carbocycles. The fourth-order valence-corrected chi connectivity index (χ4v) is 1.71. The highest BCUT2D eigenvalue weighted by Crippen LogP contribution is 2.14. The van der Waals surface area contributed by atoms with Crippen LogP contribution in [0.2, 0.25) is 0 Å². The number of aliphatic hydroxyl groups excluding tert-OH is 1. The molecule has 0 radical (unpaired) electrons. The number of urea groups is 1. The van der Waals surface area contributed by atoms with Crippen LogP contribution in [-0.2, 0) is 0 Å². The molecule has 1 atom stereocenters.